The highest BCUT2D eigenvalue weighted by molar-refractivity contribution is 5.77. The van der Waals surface area contributed by atoms with E-state index in [-0.39, 0.29) is 24.7 Å². The lowest BCUT2D eigenvalue weighted by atomic mass is 10.2. The lowest BCUT2D eigenvalue weighted by Crippen LogP contribution is -2.53. The van der Waals surface area contributed by atoms with Crippen LogP contribution < -0.4 is 5.73 Å². The van der Waals surface area contributed by atoms with Gasteiger partial charge in [0.2, 0.25) is 5.91 Å². The number of morpholine rings is 1. The van der Waals surface area contributed by atoms with E-state index in [0.29, 0.717) is 32.9 Å². The molecule has 1 aliphatic heterocycles. The van der Waals surface area contributed by atoms with Gasteiger partial charge in [0.25, 0.3) is 0 Å². The van der Waals surface area contributed by atoms with E-state index < -0.39 is 0 Å². The molecule has 0 aromatic rings. The van der Waals surface area contributed by atoms with Crippen molar-refractivity contribution in [1.82, 2.24) is 4.90 Å². The van der Waals surface area contributed by atoms with Gasteiger partial charge in [0, 0.05) is 20.2 Å². The van der Waals surface area contributed by atoms with Crippen molar-refractivity contribution in [1.29, 1.82) is 0 Å². The number of methoxy groups -OCH3 is 1. The Labute approximate surface area is 102 Å². The number of carbonyl (C=O) groups excluding carboxylic acids is 1. The minimum atomic E-state index is -0.0610. The second kappa shape index (κ2) is 7.60. The molecular weight excluding hydrogens is 224 g/mol. The summed E-state index contributed by atoms with van der Waals surface area (Å²) in [4.78, 5) is 13.7. The van der Waals surface area contributed by atoms with Crippen LogP contribution in [-0.4, -0.2) is 69.6 Å². The minimum Gasteiger partial charge on any atom is -0.382 e. The topological polar surface area (TPSA) is 74.0 Å². The molecule has 6 heteroatoms. The highest BCUT2D eigenvalue weighted by Gasteiger charge is 2.28. The first kappa shape index (κ1) is 14.4. The molecule has 1 rings (SSSR count). The molecule has 2 atom stereocenters. The van der Waals surface area contributed by atoms with E-state index in [1.54, 1.807) is 12.0 Å². The molecule has 0 spiro atoms. The molecule has 1 amide bonds. The standard InChI is InChI=1S/C11H22N2O4/c1-9-7-17-10(5-12)6-13(9)11(14)8-16-4-3-15-2/h9-10H,3-8,12H2,1-2H3. The van der Waals surface area contributed by atoms with Crippen molar-refractivity contribution in [2.45, 2.75) is 19.1 Å². The number of nitrogens with zero attached hydrogens (tertiary/aromatic N) is 1. The van der Waals surface area contributed by atoms with Crippen molar-refractivity contribution in [3.63, 3.8) is 0 Å². The highest BCUT2D eigenvalue weighted by atomic mass is 16.5. The van der Waals surface area contributed by atoms with Crippen molar-refractivity contribution >= 4 is 5.91 Å². The summed E-state index contributed by atoms with van der Waals surface area (Å²) in [5.41, 5.74) is 5.54. The zero-order valence-corrected chi connectivity index (χ0v) is 10.6. The third-order valence-electron chi connectivity index (χ3n) is 2.75. The van der Waals surface area contributed by atoms with Crippen LogP contribution in [0.2, 0.25) is 0 Å². The lowest BCUT2D eigenvalue weighted by Gasteiger charge is -2.37. The molecule has 0 bridgehead atoms. The van der Waals surface area contributed by atoms with Crippen molar-refractivity contribution in [3.8, 4) is 0 Å². The maximum Gasteiger partial charge on any atom is 0.248 e. The third kappa shape index (κ3) is 4.59. The zero-order valence-electron chi connectivity index (χ0n) is 10.6. The largest absolute Gasteiger partial charge is 0.382 e. The first-order valence-electron chi connectivity index (χ1n) is 5.86. The Balaban J connectivity index is 2.32. The molecule has 17 heavy (non-hydrogen) atoms. The second-order valence-corrected chi connectivity index (χ2v) is 4.13. The molecule has 1 aliphatic rings. The Bertz CT molecular complexity index is 238. The van der Waals surface area contributed by atoms with Gasteiger partial charge >= 0.3 is 0 Å². The molecule has 0 aliphatic carbocycles. The number of amides is 1. The van der Waals surface area contributed by atoms with Crippen LogP contribution in [0, 0.1) is 0 Å². The monoisotopic (exact) mass is 246 g/mol. The van der Waals surface area contributed by atoms with Crippen LogP contribution in [0.5, 0.6) is 0 Å². The Morgan fingerprint density at radius 2 is 2.29 bits per heavy atom. The average Bonchev–Trinajstić information content (AvgIpc) is 2.35. The van der Waals surface area contributed by atoms with Gasteiger partial charge in [0.15, 0.2) is 0 Å². The molecule has 0 aromatic heterocycles. The fraction of sp³-hybridized carbons (Fsp3) is 0.909. The van der Waals surface area contributed by atoms with Gasteiger partial charge in [-0.1, -0.05) is 0 Å². The summed E-state index contributed by atoms with van der Waals surface area (Å²) in [5.74, 6) is -0.0182. The van der Waals surface area contributed by atoms with Crippen molar-refractivity contribution in [2.75, 3.05) is 46.6 Å². The smallest absolute Gasteiger partial charge is 0.248 e. The normalized spacial score (nSPS) is 25.0. The molecule has 1 saturated heterocycles. The van der Waals surface area contributed by atoms with Crippen molar-refractivity contribution < 1.29 is 19.0 Å². The van der Waals surface area contributed by atoms with Crippen LogP contribution in [0.4, 0.5) is 0 Å². The SMILES string of the molecule is COCCOCC(=O)N1CC(CN)OCC1C. The molecule has 100 valence electrons. The van der Waals surface area contributed by atoms with Gasteiger partial charge in [0.1, 0.15) is 6.61 Å². The predicted octanol–water partition coefficient (Wildman–Crippen LogP) is -0.776. The van der Waals surface area contributed by atoms with Crippen LogP contribution in [-0.2, 0) is 19.0 Å². The first-order chi connectivity index (χ1) is 8.19. The van der Waals surface area contributed by atoms with E-state index in [9.17, 15) is 4.79 Å². The maximum absolute atomic E-state index is 11.9. The lowest BCUT2D eigenvalue weighted by molar-refractivity contribution is -0.148. The van der Waals surface area contributed by atoms with Crippen molar-refractivity contribution in [2.24, 2.45) is 5.73 Å². The van der Waals surface area contributed by atoms with E-state index in [4.69, 9.17) is 19.9 Å². The molecule has 1 heterocycles. The summed E-state index contributed by atoms with van der Waals surface area (Å²) in [5, 5.41) is 0. The summed E-state index contributed by atoms with van der Waals surface area (Å²) in [6, 6.07) is 0.0799. The van der Waals surface area contributed by atoms with Gasteiger partial charge in [-0.25, -0.2) is 0 Å². The summed E-state index contributed by atoms with van der Waals surface area (Å²) in [7, 11) is 1.60. The third-order valence-corrected chi connectivity index (χ3v) is 2.75. The fourth-order valence-electron chi connectivity index (χ4n) is 1.69. The van der Waals surface area contributed by atoms with Crippen LogP contribution in [0.3, 0.4) is 0 Å². The van der Waals surface area contributed by atoms with E-state index in [1.165, 1.54) is 0 Å². The van der Waals surface area contributed by atoms with E-state index in [1.807, 2.05) is 6.92 Å². The predicted molar refractivity (Wildman–Crippen MR) is 62.7 cm³/mol. The fourth-order valence-corrected chi connectivity index (χ4v) is 1.69. The van der Waals surface area contributed by atoms with Gasteiger partial charge in [-0.15, -0.1) is 0 Å². The summed E-state index contributed by atoms with van der Waals surface area (Å²) < 4.78 is 15.5. The molecule has 6 nitrogen and oxygen atoms in total. The molecule has 0 aromatic carbocycles. The van der Waals surface area contributed by atoms with E-state index in [2.05, 4.69) is 0 Å². The van der Waals surface area contributed by atoms with Crippen LogP contribution in [0.15, 0.2) is 0 Å². The zero-order chi connectivity index (χ0) is 12.7. The number of hydrogen-bond acceptors (Lipinski definition) is 5. The van der Waals surface area contributed by atoms with Gasteiger partial charge < -0.3 is 24.8 Å². The van der Waals surface area contributed by atoms with Crippen molar-refractivity contribution in [3.05, 3.63) is 0 Å². The molecule has 0 saturated carbocycles. The highest BCUT2D eigenvalue weighted by Crippen LogP contribution is 2.11. The quantitative estimate of drug-likeness (QED) is 0.623. The second-order valence-electron chi connectivity index (χ2n) is 4.13. The molecule has 0 radical (unpaired) electrons. The summed E-state index contributed by atoms with van der Waals surface area (Å²) in [6.07, 6.45) is -0.0610. The molecule has 2 unspecified atom stereocenters. The van der Waals surface area contributed by atoms with Crippen LogP contribution >= 0.6 is 0 Å². The van der Waals surface area contributed by atoms with Crippen LogP contribution in [0.25, 0.3) is 0 Å². The average molecular weight is 246 g/mol. The number of ether oxygens (including phenoxy) is 3. The minimum absolute atomic E-state index is 0.0182. The summed E-state index contributed by atoms with van der Waals surface area (Å²) in [6.45, 7) is 4.49. The van der Waals surface area contributed by atoms with E-state index in [0.717, 1.165) is 0 Å². The van der Waals surface area contributed by atoms with Gasteiger partial charge in [0.05, 0.1) is 32.0 Å². The van der Waals surface area contributed by atoms with Gasteiger partial charge in [-0.05, 0) is 6.92 Å². The van der Waals surface area contributed by atoms with Crippen LogP contribution in [0.1, 0.15) is 6.92 Å². The number of carbonyl (C=O) groups is 1. The number of nitrogens with two attached hydrogens (primary N) is 1. The van der Waals surface area contributed by atoms with Gasteiger partial charge in [-0.2, -0.15) is 0 Å². The first-order valence-corrected chi connectivity index (χ1v) is 5.86. The Morgan fingerprint density at radius 1 is 1.53 bits per heavy atom. The van der Waals surface area contributed by atoms with Gasteiger partial charge in [-0.3, -0.25) is 4.79 Å². The number of hydrogen-bond donors (Lipinski definition) is 1. The van der Waals surface area contributed by atoms with E-state index >= 15 is 0 Å². The molecular formula is C11H22N2O4. The molecule has 2 N–H and O–H groups in total. The Hall–Kier alpha value is -0.690. The maximum atomic E-state index is 11.9. The summed E-state index contributed by atoms with van der Waals surface area (Å²) >= 11 is 0. The molecule has 1 fully saturated rings. The Kier molecular flexibility index (Phi) is 6.43. The Morgan fingerprint density at radius 3 is 2.94 bits per heavy atom. The number of rotatable bonds is 6.